The monoisotopic (exact) mass is 490 g/mol. The molecular formula is C26H23FN4O3S. The summed E-state index contributed by atoms with van der Waals surface area (Å²) in [5.74, 6) is 1.31. The van der Waals surface area contributed by atoms with Crippen molar-refractivity contribution < 1.29 is 18.6 Å². The first kappa shape index (κ1) is 22.1. The molecule has 4 heterocycles. The van der Waals surface area contributed by atoms with Crippen molar-refractivity contribution in [1.82, 2.24) is 14.9 Å². The molecule has 0 amide bonds. The minimum Gasteiger partial charge on any atom is -0.492 e. The van der Waals surface area contributed by atoms with Gasteiger partial charge in [0.05, 0.1) is 31.0 Å². The molecule has 35 heavy (non-hydrogen) atoms. The zero-order chi connectivity index (χ0) is 23.6. The number of thiophene rings is 1. The van der Waals surface area contributed by atoms with Gasteiger partial charge >= 0.3 is 0 Å². The molecule has 7 nitrogen and oxygen atoms in total. The van der Waals surface area contributed by atoms with E-state index >= 15 is 0 Å². The molecule has 0 radical (unpaired) electrons. The minimum atomic E-state index is -0.444. The normalized spacial score (nSPS) is 15.7. The second-order valence-electron chi connectivity index (χ2n) is 8.32. The summed E-state index contributed by atoms with van der Waals surface area (Å²) in [6.07, 6.45) is 0. The number of rotatable bonds is 8. The van der Waals surface area contributed by atoms with Gasteiger partial charge in [0.1, 0.15) is 17.1 Å². The Morgan fingerprint density at radius 2 is 1.80 bits per heavy atom. The molecule has 0 bridgehead atoms. The zero-order valence-corrected chi connectivity index (χ0v) is 19.8. The van der Waals surface area contributed by atoms with Gasteiger partial charge in [0.2, 0.25) is 5.88 Å². The number of hydrogen-bond donors (Lipinski definition) is 0. The molecule has 1 saturated heterocycles. The van der Waals surface area contributed by atoms with E-state index in [-0.39, 0.29) is 5.75 Å². The lowest BCUT2D eigenvalue weighted by Gasteiger charge is -2.26. The van der Waals surface area contributed by atoms with E-state index in [1.165, 1.54) is 17.4 Å². The molecule has 0 unspecified atom stereocenters. The predicted molar refractivity (Wildman–Crippen MR) is 133 cm³/mol. The van der Waals surface area contributed by atoms with Crippen molar-refractivity contribution in [2.75, 3.05) is 46.0 Å². The molecule has 1 fully saturated rings. The molecule has 4 aromatic rings. The summed E-state index contributed by atoms with van der Waals surface area (Å²) in [5, 5.41) is 1.92. The Hall–Kier alpha value is -3.40. The average molecular weight is 491 g/mol. The first-order valence-corrected chi connectivity index (χ1v) is 12.4. The van der Waals surface area contributed by atoms with Gasteiger partial charge in [0.25, 0.3) is 0 Å². The van der Waals surface area contributed by atoms with E-state index in [1.807, 2.05) is 41.8 Å². The van der Waals surface area contributed by atoms with Gasteiger partial charge in [-0.25, -0.2) is 9.37 Å². The fraction of sp³-hybridized carbons (Fsp3) is 0.269. The van der Waals surface area contributed by atoms with E-state index in [0.717, 1.165) is 65.7 Å². The highest BCUT2D eigenvalue weighted by Crippen LogP contribution is 2.35. The molecule has 0 saturated carbocycles. The van der Waals surface area contributed by atoms with Gasteiger partial charge < -0.3 is 14.2 Å². The fourth-order valence-electron chi connectivity index (χ4n) is 3.94. The van der Waals surface area contributed by atoms with E-state index in [0.29, 0.717) is 24.9 Å². The largest absolute Gasteiger partial charge is 0.492 e. The third-order valence-corrected chi connectivity index (χ3v) is 6.84. The maximum Gasteiger partial charge on any atom is 0.241 e. The maximum atomic E-state index is 14.7. The van der Waals surface area contributed by atoms with Crippen molar-refractivity contribution in [3.05, 3.63) is 65.3 Å². The van der Waals surface area contributed by atoms with Crippen LogP contribution in [0.25, 0.3) is 21.6 Å². The molecule has 0 aliphatic carbocycles. The van der Waals surface area contributed by atoms with Crippen LogP contribution in [0.15, 0.2) is 58.9 Å². The first-order valence-electron chi connectivity index (χ1n) is 11.5. The van der Waals surface area contributed by atoms with Crippen molar-refractivity contribution in [3.8, 4) is 28.8 Å². The second kappa shape index (κ2) is 9.69. The minimum absolute atomic E-state index is 0.123. The van der Waals surface area contributed by atoms with Crippen LogP contribution < -0.4 is 9.47 Å². The van der Waals surface area contributed by atoms with Crippen molar-refractivity contribution in [3.63, 3.8) is 0 Å². The van der Waals surface area contributed by atoms with Crippen molar-refractivity contribution in [2.45, 2.75) is 0 Å². The lowest BCUT2D eigenvalue weighted by atomic mass is 10.1. The zero-order valence-electron chi connectivity index (χ0n) is 18.9. The Morgan fingerprint density at radius 3 is 2.57 bits per heavy atom. The topological polar surface area (TPSA) is 69.1 Å². The number of morpholine rings is 1. The van der Waals surface area contributed by atoms with Crippen LogP contribution in [-0.2, 0) is 4.74 Å². The quantitative estimate of drug-likeness (QED) is 0.353. The molecule has 0 N–H and O–H groups in total. The predicted octanol–water partition coefficient (Wildman–Crippen LogP) is 4.80. The van der Waals surface area contributed by atoms with Crippen LogP contribution in [0, 0.1) is 5.82 Å². The third-order valence-electron chi connectivity index (χ3n) is 5.95. The second-order valence-corrected chi connectivity index (χ2v) is 9.24. The number of nitrogens with zero attached hydrogens (tertiary/aromatic N) is 4. The van der Waals surface area contributed by atoms with E-state index < -0.39 is 5.82 Å². The number of aromatic nitrogens is 2. The van der Waals surface area contributed by atoms with Gasteiger partial charge in [-0.3, -0.25) is 9.89 Å². The van der Waals surface area contributed by atoms with Crippen LogP contribution in [0.2, 0.25) is 0 Å². The van der Waals surface area contributed by atoms with E-state index in [4.69, 9.17) is 14.2 Å². The highest BCUT2D eigenvalue weighted by Gasteiger charge is 2.18. The molecule has 0 atom stereocenters. The van der Waals surface area contributed by atoms with Gasteiger partial charge in [0, 0.05) is 30.8 Å². The summed E-state index contributed by atoms with van der Waals surface area (Å²) >= 11 is 1.46. The number of hydrogen-bond acceptors (Lipinski definition) is 8. The summed E-state index contributed by atoms with van der Waals surface area (Å²) in [4.78, 5) is 15.8. The summed E-state index contributed by atoms with van der Waals surface area (Å²) in [7, 11) is 0. The molecule has 2 aliphatic rings. The molecular weight excluding hydrogens is 467 g/mol. The van der Waals surface area contributed by atoms with E-state index in [1.54, 1.807) is 6.07 Å². The van der Waals surface area contributed by atoms with Crippen molar-refractivity contribution >= 4 is 27.3 Å². The van der Waals surface area contributed by atoms with Crippen LogP contribution >= 0.6 is 11.3 Å². The van der Waals surface area contributed by atoms with Crippen LogP contribution in [0.3, 0.4) is 0 Å². The standard InChI is InChI=1S/C26H23FN4O3S/c27-20-15-18(22-16-28-22)3-6-23(20)34-26-24-21(7-14-35-24)29-25(30-26)17-1-4-19(5-2-17)33-13-10-31-8-11-32-12-9-31/h1-7,14-15H,8-13,16H2. The number of aliphatic imine (C=N–C) groups is 1. The number of benzene rings is 2. The Kier molecular flexibility index (Phi) is 6.12. The van der Waals surface area contributed by atoms with E-state index in [2.05, 4.69) is 19.9 Å². The number of ether oxygens (including phenoxy) is 3. The Balaban J connectivity index is 1.19. The van der Waals surface area contributed by atoms with Gasteiger partial charge in [-0.15, -0.1) is 11.3 Å². The van der Waals surface area contributed by atoms with E-state index in [9.17, 15) is 4.39 Å². The average Bonchev–Trinajstić information content (AvgIpc) is 3.63. The van der Waals surface area contributed by atoms with Gasteiger partial charge in [-0.2, -0.15) is 4.98 Å². The van der Waals surface area contributed by atoms with Gasteiger partial charge in [-0.05, 0) is 53.9 Å². The van der Waals surface area contributed by atoms with Crippen molar-refractivity contribution in [2.24, 2.45) is 4.99 Å². The lowest BCUT2D eigenvalue weighted by molar-refractivity contribution is 0.0322. The molecule has 6 rings (SSSR count). The van der Waals surface area contributed by atoms with Crippen LogP contribution in [-0.4, -0.2) is 66.6 Å². The first-order chi connectivity index (χ1) is 17.2. The highest BCUT2D eigenvalue weighted by molar-refractivity contribution is 7.17. The summed E-state index contributed by atoms with van der Waals surface area (Å²) in [6, 6.07) is 14.5. The summed E-state index contributed by atoms with van der Waals surface area (Å²) in [5.41, 5.74) is 3.27. The molecule has 2 aromatic carbocycles. The Morgan fingerprint density at radius 1 is 1.00 bits per heavy atom. The molecule has 178 valence electrons. The molecule has 9 heteroatoms. The number of halogens is 1. The molecule has 2 aromatic heterocycles. The van der Waals surface area contributed by atoms with Gasteiger partial charge in [0.15, 0.2) is 17.4 Å². The Labute approximate surface area is 205 Å². The molecule has 0 spiro atoms. The maximum absolute atomic E-state index is 14.7. The smallest absolute Gasteiger partial charge is 0.241 e. The third kappa shape index (κ3) is 5.02. The van der Waals surface area contributed by atoms with Crippen LogP contribution in [0.1, 0.15) is 5.56 Å². The Bertz CT molecular complexity index is 1380. The highest BCUT2D eigenvalue weighted by atomic mass is 32.1. The van der Waals surface area contributed by atoms with Crippen LogP contribution in [0.4, 0.5) is 4.39 Å². The van der Waals surface area contributed by atoms with Crippen molar-refractivity contribution in [1.29, 1.82) is 0 Å². The lowest BCUT2D eigenvalue weighted by Crippen LogP contribution is -2.38. The van der Waals surface area contributed by atoms with Crippen LogP contribution in [0.5, 0.6) is 17.4 Å². The number of fused-ring (bicyclic) bond motifs is 1. The summed E-state index contributed by atoms with van der Waals surface area (Å²) in [6.45, 7) is 5.60. The SMILES string of the molecule is Fc1cc(C2=NC2)ccc1Oc1nc(-c2ccc(OCCN3CCOCC3)cc2)nc2ccsc12. The fourth-order valence-corrected chi connectivity index (χ4v) is 4.70. The molecule has 2 aliphatic heterocycles. The van der Waals surface area contributed by atoms with Gasteiger partial charge in [-0.1, -0.05) is 0 Å². The summed E-state index contributed by atoms with van der Waals surface area (Å²) < 4.78 is 32.7.